The number of anilines is 1. The van der Waals surface area contributed by atoms with Crippen molar-refractivity contribution in [1.29, 1.82) is 0 Å². The van der Waals surface area contributed by atoms with E-state index in [9.17, 15) is 4.79 Å². The molecular formula is C20H16BrNO. The second kappa shape index (κ2) is 7.25. The summed E-state index contributed by atoms with van der Waals surface area (Å²) in [6.07, 6.45) is 0. The summed E-state index contributed by atoms with van der Waals surface area (Å²) in [5.74, 6) is 0.0286. The van der Waals surface area contributed by atoms with Crippen LogP contribution in [0.1, 0.15) is 21.5 Å². The molecule has 1 N–H and O–H groups in total. The van der Waals surface area contributed by atoms with E-state index in [2.05, 4.69) is 33.4 Å². The minimum Gasteiger partial charge on any atom is -0.381 e. The summed E-state index contributed by atoms with van der Waals surface area (Å²) >= 11 is 3.40. The molecule has 2 nitrogen and oxygen atoms in total. The first kappa shape index (κ1) is 15.5. The van der Waals surface area contributed by atoms with Gasteiger partial charge in [-0.05, 0) is 42.0 Å². The molecule has 0 aliphatic heterocycles. The zero-order valence-electron chi connectivity index (χ0n) is 12.5. The first-order valence-electron chi connectivity index (χ1n) is 7.40. The Morgan fingerprint density at radius 3 is 2.26 bits per heavy atom. The molecule has 3 aromatic rings. The molecule has 0 fully saturated rings. The smallest absolute Gasteiger partial charge is 0.193 e. The molecule has 0 aromatic heterocycles. The van der Waals surface area contributed by atoms with Gasteiger partial charge in [-0.2, -0.15) is 0 Å². The fourth-order valence-corrected chi connectivity index (χ4v) is 2.74. The van der Waals surface area contributed by atoms with Crippen LogP contribution in [0.4, 0.5) is 5.69 Å². The van der Waals surface area contributed by atoms with Gasteiger partial charge < -0.3 is 5.32 Å². The Labute approximate surface area is 144 Å². The van der Waals surface area contributed by atoms with Crippen LogP contribution in [0, 0.1) is 0 Å². The summed E-state index contributed by atoms with van der Waals surface area (Å²) in [6, 6.07) is 25.3. The van der Waals surface area contributed by atoms with Crippen LogP contribution >= 0.6 is 15.9 Å². The van der Waals surface area contributed by atoms with Gasteiger partial charge in [0.1, 0.15) is 0 Å². The number of carbonyl (C=O) groups is 1. The minimum absolute atomic E-state index is 0.0286. The van der Waals surface area contributed by atoms with Gasteiger partial charge in [0, 0.05) is 27.8 Å². The molecule has 0 aliphatic carbocycles. The SMILES string of the molecule is O=C(c1ccc(NCc2ccccc2)cc1)c1cccc(Br)c1. The van der Waals surface area contributed by atoms with Gasteiger partial charge in [-0.25, -0.2) is 0 Å². The van der Waals surface area contributed by atoms with E-state index in [4.69, 9.17) is 0 Å². The molecule has 0 spiro atoms. The summed E-state index contributed by atoms with van der Waals surface area (Å²) in [6.45, 7) is 0.764. The molecule has 23 heavy (non-hydrogen) atoms. The summed E-state index contributed by atoms with van der Waals surface area (Å²) in [5, 5.41) is 3.36. The average molecular weight is 366 g/mol. The third kappa shape index (κ3) is 4.08. The van der Waals surface area contributed by atoms with Gasteiger partial charge in [-0.15, -0.1) is 0 Å². The summed E-state index contributed by atoms with van der Waals surface area (Å²) in [5.41, 5.74) is 3.60. The summed E-state index contributed by atoms with van der Waals surface area (Å²) < 4.78 is 0.907. The maximum atomic E-state index is 12.4. The summed E-state index contributed by atoms with van der Waals surface area (Å²) in [7, 11) is 0. The summed E-state index contributed by atoms with van der Waals surface area (Å²) in [4.78, 5) is 12.4. The second-order valence-corrected chi connectivity index (χ2v) is 6.17. The molecule has 3 aromatic carbocycles. The monoisotopic (exact) mass is 365 g/mol. The van der Waals surface area contributed by atoms with Crippen molar-refractivity contribution in [2.75, 3.05) is 5.32 Å². The molecule has 0 atom stereocenters. The van der Waals surface area contributed by atoms with Crippen molar-refractivity contribution in [2.45, 2.75) is 6.54 Å². The maximum Gasteiger partial charge on any atom is 0.193 e. The maximum absolute atomic E-state index is 12.4. The number of hydrogen-bond donors (Lipinski definition) is 1. The van der Waals surface area contributed by atoms with Gasteiger partial charge in [0.2, 0.25) is 0 Å². The molecule has 114 valence electrons. The zero-order valence-corrected chi connectivity index (χ0v) is 14.1. The van der Waals surface area contributed by atoms with E-state index in [1.165, 1.54) is 5.56 Å². The highest BCUT2D eigenvalue weighted by Gasteiger charge is 2.09. The van der Waals surface area contributed by atoms with Gasteiger partial charge in [-0.3, -0.25) is 4.79 Å². The molecule has 0 heterocycles. The standard InChI is InChI=1S/C20H16BrNO/c21-18-8-4-7-17(13-18)20(23)16-9-11-19(12-10-16)22-14-15-5-2-1-3-6-15/h1-13,22H,14H2. The lowest BCUT2D eigenvalue weighted by atomic mass is 10.0. The van der Waals surface area contributed by atoms with E-state index in [1.807, 2.05) is 66.7 Å². The van der Waals surface area contributed by atoms with E-state index in [0.717, 1.165) is 16.7 Å². The van der Waals surface area contributed by atoms with Crippen molar-refractivity contribution >= 4 is 27.4 Å². The molecule has 3 heteroatoms. The van der Waals surface area contributed by atoms with Crippen molar-refractivity contribution in [3.63, 3.8) is 0 Å². The van der Waals surface area contributed by atoms with E-state index >= 15 is 0 Å². The number of hydrogen-bond acceptors (Lipinski definition) is 2. The molecule has 0 aliphatic rings. The second-order valence-electron chi connectivity index (χ2n) is 5.26. The van der Waals surface area contributed by atoms with Crippen LogP contribution in [0.5, 0.6) is 0 Å². The highest BCUT2D eigenvalue weighted by molar-refractivity contribution is 9.10. The largest absolute Gasteiger partial charge is 0.381 e. The highest BCUT2D eigenvalue weighted by atomic mass is 79.9. The predicted molar refractivity (Wildman–Crippen MR) is 97.8 cm³/mol. The Morgan fingerprint density at radius 1 is 0.826 bits per heavy atom. The van der Waals surface area contributed by atoms with Gasteiger partial charge in [0.25, 0.3) is 0 Å². The van der Waals surface area contributed by atoms with Crippen LogP contribution in [0.25, 0.3) is 0 Å². The predicted octanol–water partition coefficient (Wildman–Crippen LogP) is 5.29. The van der Waals surface area contributed by atoms with Gasteiger partial charge in [-0.1, -0.05) is 58.4 Å². The number of carbonyl (C=O) groups excluding carboxylic acids is 1. The molecule has 0 bridgehead atoms. The third-order valence-electron chi connectivity index (χ3n) is 3.57. The van der Waals surface area contributed by atoms with Crippen LogP contribution in [0.15, 0.2) is 83.3 Å². The van der Waals surface area contributed by atoms with Crippen LogP contribution in [0.2, 0.25) is 0 Å². The van der Waals surface area contributed by atoms with E-state index < -0.39 is 0 Å². The van der Waals surface area contributed by atoms with E-state index in [0.29, 0.717) is 11.1 Å². The fourth-order valence-electron chi connectivity index (χ4n) is 2.34. The van der Waals surface area contributed by atoms with E-state index in [1.54, 1.807) is 0 Å². The zero-order chi connectivity index (χ0) is 16.1. The van der Waals surface area contributed by atoms with Gasteiger partial charge in [0.05, 0.1) is 0 Å². The molecule has 3 rings (SSSR count). The minimum atomic E-state index is 0.0286. The van der Waals surface area contributed by atoms with Crippen molar-refractivity contribution in [2.24, 2.45) is 0 Å². The number of rotatable bonds is 5. The van der Waals surface area contributed by atoms with Gasteiger partial charge >= 0.3 is 0 Å². The normalized spacial score (nSPS) is 10.3. The molecule has 0 saturated carbocycles. The van der Waals surface area contributed by atoms with Crippen LogP contribution in [0.3, 0.4) is 0 Å². The average Bonchev–Trinajstić information content (AvgIpc) is 2.61. The first-order valence-corrected chi connectivity index (χ1v) is 8.20. The Kier molecular flexibility index (Phi) is 4.89. The Bertz CT molecular complexity index is 797. The topological polar surface area (TPSA) is 29.1 Å². The quantitative estimate of drug-likeness (QED) is 0.622. The van der Waals surface area contributed by atoms with Crippen molar-refractivity contribution < 1.29 is 4.79 Å². The molecular weight excluding hydrogens is 350 g/mol. The Balaban J connectivity index is 1.68. The Hall–Kier alpha value is -2.39. The molecule has 0 radical (unpaired) electrons. The molecule has 0 saturated heterocycles. The third-order valence-corrected chi connectivity index (χ3v) is 4.07. The van der Waals surface area contributed by atoms with Crippen molar-refractivity contribution in [3.8, 4) is 0 Å². The van der Waals surface area contributed by atoms with E-state index in [-0.39, 0.29) is 5.78 Å². The lowest BCUT2D eigenvalue weighted by molar-refractivity contribution is 0.103. The first-order chi connectivity index (χ1) is 11.2. The van der Waals surface area contributed by atoms with Crippen LogP contribution in [-0.4, -0.2) is 5.78 Å². The lowest BCUT2D eigenvalue weighted by Gasteiger charge is -2.08. The molecule has 0 amide bonds. The number of benzene rings is 3. The fraction of sp³-hybridized carbons (Fsp3) is 0.0500. The number of ketones is 1. The van der Waals surface area contributed by atoms with Crippen LogP contribution in [-0.2, 0) is 6.54 Å². The van der Waals surface area contributed by atoms with Crippen molar-refractivity contribution in [3.05, 3.63) is 100 Å². The number of nitrogens with one attached hydrogen (secondary N) is 1. The Morgan fingerprint density at radius 2 is 1.57 bits per heavy atom. The van der Waals surface area contributed by atoms with Crippen LogP contribution < -0.4 is 5.32 Å². The molecule has 0 unspecified atom stereocenters. The number of halogens is 1. The van der Waals surface area contributed by atoms with Crippen molar-refractivity contribution in [1.82, 2.24) is 0 Å². The highest BCUT2D eigenvalue weighted by Crippen LogP contribution is 2.17. The van der Waals surface area contributed by atoms with Gasteiger partial charge in [0.15, 0.2) is 5.78 Å². The lowest BCUT2D eigenvalue weighted by Crippen LogP contribution is -2.02.